The van der Waals surface area contributed by atoms with Gasteiger partial charge in [0.05, 0.1) is 19.5 Å². The third-order valence-corrected chi connectivity index (χ3v) is 4.60. The molecular formula is C24H20FN3O2. The summed E-state index contributed by atoms with van der Waals surface area (Å²) in [6.45, 7) is 0. The van der Waals surface area contributed by atoms with E-state index in [4.69, 9.17) is 9.47 Å². The molecule has 0 saturated heterocycles. The molecule has 0 bridgehead atoms. The number of hydrogen-bond acceptors (Lipinski definition) is 5. The van der Waals surface area contributed by atoms with E-state index in [1.54, 1.807) is 30.7 Å². The highest BCUT2D eigenvalue weighted by Crippen LogP contribution is 2.36. The predicted octanol–water partition coefficient (Wildman–Crippen LogP) is 5.26. The van der Waals surface area contributed by atoms with Gasteiger partial charge < -0.3 is 9.47 Å². The lowest BCUT2D eigenvalue weighted by Crippen LogP contribution is -1.99. The Morgan fingerprint density at radius 2 is 1.63 bits per heavy atom. The van der Waals surface area contributed by atoms with Crippen LogP contribution in [0, 0.1) is 5.82 Å². The van der Waals surface area contributed by atoms with Crippen molar-refractivity contribution in [2.45, 2.75) is 12.8 Å². The van der Waals surface area contributed by atoms with Crippen molar-refractivity contribution in [2.75, 3.05) is 7.11 Å². The highest BCUT2D eigenvalue weighted by molar-refractivity contribution is 5.74. The normalized spacial score (nSPS) is 10.6. The van der Waals surface area contributed by atoms with Crippen molar-refractivity contribution >= 4 is 0 Å². The van der Waals surface area contributed by atoms with Gasteiger partial charge in [0.1, 0.15) is 17.4 Å². The molecule has 0 saturated carbocycles. The van der Waals surface area contributed by atoms with E-state index >= 15 is 0 Å². The lowest BCUT2D eigenvalue weighted by molar-refractivity contribution is 0.412. The van der Waals surface area contributed by atoms with E-state index in [0.717, 1.165) is 18.7 Å². The molecule has 0 unspecified atom stereocenters. The Morgan fingerprint density at radius 3 is 2.40 bits per heavy atom. The van der Waals surface area contributed by atoms with Gasteiger partial charge in [-0.05, 0) is 36.2 Å². The first kappa shape index (κ1) is 19.5. The second-order valence-electron chi connectivity index (χ2n) is 6.62. The van der Waals surface area contributed by atoms with Gasteiger partial charge in [-0.25, -0.2) is 19.3 Å². The summed E-state index contributed by atoms with van der Waals surface area (Å²) in [5.74, 6) is 1.61. The molecule has 2 heterocycles. The molecule has 0 N–H and O–H groups in total. The van der Waals surface area contributed by atoms with Crippen LogP contribution in [0.2, 0.25) is 0 Å². The van der Waals surface area contributed by atoms with Gasteiger partial charge in [-0.15, -0.1) is 0 Å². The van der Waals surface area contributed by atoms with Crippen molar-refractivity contribution in [3.63, 3.8) is 0 Å². The molecule has 6 heteroatoms. The van der Waals surface area contributed by atoms with Crippen LogP contribution in [0.5, 0.6) is 17.4 Å². The number of ether oxygens (including phenoxy) is 2. The van der Waals surface area contributed by atoms with Gasteiger partial charge in [0.15, 0.2) is 5.75 Å². The van der Waals surface area contributed by atoms with E-state index < -0.39 is 0 Å². The summed E-state index contributed by atoms with van der Waals surface area (Å²) in [7, 11) is 1.50. The minimum atomic E-state index is -0.374. The van der Waals surface area contributed by atoms with Crippen LogP contribution in [0.15, 0.2) is 79.3 Å². The first-order valence-electron chi connectivity index (χ1n) is 9.54. The summed E-state index contributed by atoms with van der Waals surface area (Å²) in [4.78, 5) is 13.1. The summed E-state index contributed by atoms with van der Waals surface area (Å²) in [5.41, 5.74) is 2.61. The first-order valence-corrected chi connectivity index (χ1v) is 9.54. The zero-order valence-corrected chi connectivity index (χ0v) is 16.5. The minimum absolute atomic E-state index is 0.364. The molecule has 2 aromatic carbocycles. The van der Waals surface area contributed by atoms with Gasteiger partial charge >= 0.3 is 0 Å². The Hall–Kier alpha value is -3.80. The molecule has 4 aromatic rings. The Labute approximate surface area is 174 Å². The lowest BCUT2D eigenvalue weighted by Gasteiger charge is -2.13. The van der Waals surface area contributed by atoms with E-state index in [0.29, 0.717) is 28.5 Å². The van der Waals surface area contributed by atoms with Gasteiger partial charge in [0, 0.05) is 29.8 Å². The summed E-state index contributed by atoms with van der Waals surface area (Å²) in [6, 6.07) is 18.2. The van der Waals surface area contributed by atoms with Crippen molar-refractivity contribution < 1.29 is 13.9 Å². The highest BCUT2D eigenvalue weighted by Gasteiger charge is 2.14. The standard InChI is InChI=1S/C24H20FN3O2/c1-29-22-14-18(25)10-11-20(22)21-8-5-13-26-24(21)30-19-15-27-23(28-16-19)12-9-17-6-3-2-4-7-17/h2-8,10-11,13-16H,9,12H2,1H3. The van der Waals surface area contributed by atoms with Crippen molar-refractivity contribution in [3.05, 3.63) is 96.5 Å². The zero-order valence-electron chi connectivity index (χ0n) is 16.5. The number of nitrogens with zero attached hydrogens (tertiary/aromatic N) is 3. The van der Waals surface area contributed by atoms with E-state index in [9.17, 15) is 4.39 Å². The van der Waals surface area contributed by atoms with Crippen LogP contribution in [0.1, 0.15) is 11.4 Å². The lowest BCUT2D eigenvalue weighted by atomic mass is 10.1. The minimum Gasteiger partial charge on any atom is -0.496 e. The van der Waals surface area contributed by atoms with Crippen LogP contribution in [-0.2, 0) is 12.8 Å². The molecule has 0 aliphatic carbocycles. The summed E-state index contributed by atoms with van der Waals surface area (Å²) < 4.78 is 24.8. The number of hydrogen-bond donors (Lipinski definition) is 0. The Morgan fingerprint density at radius 1 is 0.833 bits per heavy atom. The van der Waals surface area contributed by atoms with E-state index in [1.807, 2.05) is 24.3 Å². The van der Waals surface area contributed by atoms with Crippen molar-refractivity contribution in [2.24, 2.45) is 0 Å². The molecule has 30 heavy (non-hydrogen) atoms. The molecule has 0 amide bonds. The third kappa shape index (κ3) is 4.60. The number of rotatable bonds is 7. The average molecular weight is 401 g/mol. The molecule has 0 fully saturated rings. The molecule has 0 spiro atoms. The molecule has 150 valence electrons. The maximum Gasteiger partial charge on any atom is 0.227 e. The van der Waals surface area contributed by atoms with E-state index in [2.05, 4.69) is 27.1 Å². The smallest absolute Gasteiger partial charge is 0.227 e. The second kappa shape index (κ2) is 9.13. The number of aryl methyl sites for hydroxylation is 2. The van der Waals surface area contributed by atoms with Crippen LogP contribution in [0.3, 0.4) is 0 Å². The monoisotopic (exact) mass is 401 g/mol. The quantitative estimate of drug-likeness (QED) is 0.423. The van der Waals surface area contributed by atoms with Crippen LogP contribution in [-0.4, -0.2) is 22.1 Å². The first-order chi connectivity index (χ1) is 14.7. The van der Waals surface area contributed by atoms with Crippen LogP contribution >= 0.6 is 0 Å². The largest absolute Gasteiger partial charge is 0.496 e. The molecule has 0 aliphatic rings. The van der Waals surface area contributed by atoms with Gasteiger partial charge in [-0.3, -0.25) is 0 Å². The fraction of sp³-hybridized carbons (Fsp3) is 0.125. The summed E-state index contributed by atoms with van der Waals surface area (Å²) in [5, 5.41) is 0. The van der Waals surface area contributed by atoms with Gasteiger partial charge in [-0.1, -0.05) is 30.3 Å². The van der Waals surface area contributed by atoms with Gasteiger partial charge in [0.25, 0.3) is 0 Å². The Balaban J connectivity index is 1.51. The number of aromatic nitrogens is 3. The summed E-state index contributed by atoms with van der Waals surface area (Å²) in [6.07, 6.45) is 6.51. The number of benzene rings is 2. The van der Waals surface area contributed by atoms with Crippen molar-refractivity contribution in [3.8, 4) is 28.5 Å². The molecule has 2 aromatic heterocycles. The fourth-order valence-electron chi connectivity index (χ4n) is 3.10. The zero-order chi connectivity index (χ0) is 20.8. The maximum atomic E-state index is 13.6. The molecular weight excluding hydrogens is 381 g/mol. The number of methoxy groups -OCH3 is 1. The van der Waals surface area contributed by atoms with Crippen molar-refractivity contribution in [1.82, 2.24) is 15.0 Å². The van der Waals surface area contributed by atoms with Crippen molar-refractivity contribution in [1.29, 1.82) is 0 Å². The van der Waals surface area contributed by atoms with Crippen LogP contribution in [0.25, 0.3) is 11.1 Å². The third-order valence-electron chi connectivity index (χ3n) is 4.60. The molecule has 5 nitrogen and oxygen atoms in total. The molecule has 0 radical (unpaired) electrons. The predicted molar refractivity (Wildman–Crippen MR) is 112 cm³/mol. The van der Waals surface area contributed by atoms with E-state index in [-0.39, 0.29) is 5.82 Å². The highest BCUT2D eigenvalue weighted by atomic mass is 19.1. The van der Waals surface area contributed by atoms with Gasteiger partial charge in [0.2, 0.25) is 5.88 Å². The fourth-order valence-corrected chi connectivity index (χ4v) is 3.10. The number of halogens is 1. The molecule has 4 rings (SSSR count). The molecule has 0 aliphatic heterocycles. The average Bonchev–Trinajstić information content (AvgIpc) is 2.80. The maximum absolute atomic E-state index is 13.6. The van der Waals surface area contributed by atoms with E-state index in [1.165, 1.54) is 24.8 Å². The topological polar surface area (TPSA) is 57.1 Å². The van der Waals surface area contributed by atoms with Gasteiger partial charge in [-0.2, -0.15) is 0 Å². The Bertz CT molecular complexity index is 1120. The van der Waals surface area contributed by atoms with Crippen LogP contribution in [0.4, 0.5) is 4.39 Å². The summed E-state index contributed by atoms with van der Waals surface area (Å²) >= 11 is 0. The SMILES string of the molecule is COc1cc(F)ccc1-c1cccnc1Oc1cnc(CCc2ccccc2)nc1. The van der Waals surface area contributed by atoms with Crippen LogP contribution < -0.4 is 9.47 Å². The second-order valence-corrected chi connectivity index (χ2v) is 6.62. The Kier molecular flexibility index (Phi) is 5.94. The number of pyridine rings is 1. The molecule has 0 atom stereocenters.